The van der Waals surface area contributed by atoms with Crippen LogP contribution in [0.15, 0.2) is 24.3 Å². The quantitative estimate of drug-likeness (QED) is 0.747. The molecule has 2 atom stereocenters. The number of carbonyl (C=O) groups is 3. The highest BCUT2D eigenvalue weighted by Crippen LogP contribution is 2.49. The number of hydrogen-bond acceptors (Lipinski definition) is 5. The molecule has 2 aliphatic rings. The van der Waals surface area contributed by atoms with Gasteiger partial charge in [-0.1, -0.05) is 18.2 Å². The summed E-state index contributed by atoms with van der Waals surface area (Å²) in [6.45, 7) is 0. The van der Waals surface area contributed by atoms with Gasteiger partial charge in [-0.3, -0.25) is 14.4 Å². The molecule has 1 aromatic carbocycles. The zero-order valence-electron chi connectivity index (χ0n) is 10.1. The fourth-order valence-electron chi connectivity index (χ4n) is 2.70. The number of esters is 2. The second-order valence-electron chi connectivity index (χ2n) is 4.49. The Hall–Kier alpha value is -2.37. The lowest BCUT2D eigenvalue weighted by Crippen LogP contribution is -2.43. The number of nitrogens with one attached hydrogen (secondary N) is 1. The lowest BCUT2D eigenvalue weighted by molar-refractivity contribution is -0.164. The van der Waals surface area contributed by atoms with Gasteiger partial charge in [0.25, 0.3) is 5.91 Å². The number of para-hydroxylation sites is 1. The van der Waals surface area contributed by atoms with Crippen LogP contribution in [0.4, 0.5) is 5.69 Å². The van der Waals surface area contributed by atoms with Crippen LogP contribution in [-0.4, -0.2) is 25.0 Å². The van der Waals surface area contributed by atoms with E-state index in [2.05, 4.69) is 10.1 Å². The molecule has 1 fully saturated rings. The molecule has 6 nitrogen and oxygen atoms in total. The largest absolute Gasteiger partial charge is 0.469 e. The van der Waals surface area contributed by atoms with Crippen LogP contribution in [0.1, 0.15) is 12.0 Å². The molecule has 1 saturated heterocycles. The zero-order chi connectivity index (χ0) is 13.6. The normalized spacial score (nSPS) is 27.9. The molecule has 1 amide bonds. The van der Waals surface area contributed by atoms with Crippen molar-refractivity contribution in [2.75, 3.05) is 12.4 Å². The van der Waals surface area contributed by atoms with Crippen molar-refractivity contribution in [3.63, 3.8) is 0 Å². The molecule has 1 spiro atoms. The molecule has 19 heavy (non-hydrogen) atoms. The minimum absolute atomic E-state index is 0.158. The maximum atomic E-state index is 12.2. The maximum absolute atomic E-state index is 12.2. The Morgan fingerprint density at radius 2 is 2.16 bits per heavy atom. The topological polar surface area (TPSA) is 81.7 Å². The van der Waals surface area contributed by atoms with E-state index in [-0.39, 0.29) is 6.42 Å². The summed E-state index contributed by atoms with van der Waals surface area (Å²) in [5, 5.41) is 2.64. The number of hydrogen-bond donors (Lipinski definition) is 1. The number of ether oxygens (including phenoxy) is 2. The summed E-state index contributed by atoms with van der Waals surface area (Å²) in [4.78, 5) is 35.7. The predicted molar refractivity (Wildman–Crippen MR) is 63.0 cm³/mol. The first-order valence-corrected chi connectivity index (χ1v) is 5.80. The second-order valence-corrected chi connectivity index (χ2v) is 4.49. The van der Waals surface area contributed by atoms with Gasteiger partial charge in [0.05, 0.1) is 13.5 Å². The van der Waals surface area contributed by atoms with Gasteiger partial charge in [-0.05, 0) is 6.07 Å². The molecule has 0 radical (unpaired) electrons. The second kappa shape index (κ2) is 3.81. The smallest absolute Gasteiger partial charge is 0.314 e. The van der Waals surface area contributed by atoms with E-state index in [9.17, 15) is 14.4 Å². The summed E-state index contributed by atoms with van der Waals surface area (Å²) in [7, 11) is 1.22. The molecule has 2 aliphatic heterocycles. The molecule has 1 aromatic rings. The van der Waals surface area contributed by atoms with Crippen LogP contribution in [0.2, 0.25) is 0 Å². The van der Waals surface area contributed by atoms with E-state index in [1.54, 1.807) is 24.3 Å². The van der Waals surface area contributed by atoms with E-state index < -0.39 is 29.4 Å². The number of anilines is 1. The van der Waals surface area contributed by atoms with Crippen molar-refractivity contribution in [3.05, 3.63) is 29.8 Å². The first-order valence-electron chi connectivity index (χ1n) is 5.80. The highest BCUT2D eigenvalue weighted by molar-refractivity contribution is 6.10. The van der Waals surface area contributed by atoms with Crippen LogP contribution in [0, 0.1) is 5.92 Å². The third-order valence-corrected chi connectivity index (χ3v) is 3.53. The van der Waals surface area contributed by atoms with Crippen LogP contribution >= 0.6 is 0 Å². The zero-order valence-corrected chi connectivity index (χ0v) is 10.1. The number of amides is 1. The summed E-state index contributed by atoms with van der Waals surface area (Å²) in [6, 6.07) is 6.84. The monoisotopic (exact) mass is 261 g/mol. The van der Waals surface area contributed by atoms with Gasteiger partial charge in [0.2, 0.25) is 5.60 Å². The minimum atomic E-state index is -1.58. The summed E-state index contributed by atoms with van der Waals surface area (Å²) < 4.78 is 9.91. The van der Waals surface area contributed by atoms with Gasteiger partial charge in [0.15, 0.2) is 0 Å². The third kappa shape index (κ3) is 1.39. The van der Waals surface area contributed by atoms with Gasteiger partial charge in [-0.15, -0.1) is 0 Å². The standard InChI is InChI=1S/C13H11NO5/c1-18-11(16)8-6-10(15)19-13(8)7-4-2-3-5-9(7)14-12(13)17/h2-5,8H,6H2,1H3,(H,14,17). The molecule has 0 aromatic heterocycles. The Kier molecular flexibility index (Phi) is 2.35. The van der Waals surface area contributed by atoms with Crippen LogP contribution < -0.4 is 5.32 Å². The average molecular weight is 261 g/mol. The average Bonchev–Trinajstić information content (AvgIpc) is 2.89. The highest BCUT2D eigenvalue weighted by Gasteiger charge is 2.63. The third-order valence-electron chi connectivity index (χ3n) is 3.53. The van der Waals surface area contributed by atoms with Crippen LogP contribution in [0.3, 0.4) is 0 Å². The van der Waals surface area contributed by atoms with Crippen LogP contribution in [0.25, 0.3) is 0 Å². The van der Waals surface area contributed by atoms with Crippen molar-refractivity contribution in [1.82, 2.24) is 0 Å². The van der Waals surface area contributed by atoms with Crippen molar-refractivity contribution in [3.8, 4) is 0 Å². The number of fused-ring (bicyclic) bond motifs is 2. The van der Waals surface area contributed by atoms with E-state index in [1.807, 2.05) is 0 Å². The Morgan fingerprint density at radius 1 is 1.42 bits per heavy atom. The summed E-state index contributed by atoms with van der Waals surface area (Å²) in [5.41, 5.74) is -0.529. The Labute approximate surface area is 108 Å². The SMILES string of the molecule is COC(=O)C1CC(=O)OC12C(=O)Nc1ccccc12. The van der Waals surface area contributed by atoms with E-state index in [0.29, 0.717) is 11.3 Å². The van der Waals surface area contributed by atoms with E-state index in [4.69, 9.17) is 4.74 Å². The number of methoxy groups -OCH3 is 1. The first-order chi connectivity index (χ1) is 9.09. The molecule has 1 N–H and O–H groups in total. The van der Waals surface area contributed by atoms with Gasteiger partial charge in [0.1, 0.15) is 5.92 Å². The molecule has 0 saturated carbocycles. The molecule has 0 bridgehead atoms. The molecule has 2 unspecified atom stereocenters. The summed E-state index contributed by atoms with van der Waals surface area (Å²) in [6.07, 6.45) is -0.158. The summed E-state index contributed by atoms with van der Waals surface area (Å²) >= 11 is 0. The van der Waals surface area contributed by atoms with E-state index >= 15 is 0 Å². The Bertz CT molecular complexity index is 596. The summed E-state index contributed by atoms with van der Waals surface area (Å²) in [5.74, 6) is -2.66. The van der Waals surface area contributed by atoms with Crippen molar-refractivity contribution < 1.29 is 23.9 Å². The molecule has 2 heterocycles. The van der Waals surface area contributed by atoms with Crippen molar-refractivity contribution >= 4 is 23.5 Å². The first kappa shape index (κ1) is 11.7. The Morgan fingerprint density at radius 3 is 2.89 bits per heavy atom. The molecule has 6 heteroatoms. The van der Waals surface area contributed by atoms with Crippen molar-refractivity contribution in [2.24, 2.45) is 5.92 Å². The molecular weight excluding hydrogens is 250 g/mol. The van der Waals surface area contributed by atoms with Gasteiger partial charge in [-0.25, -0.2) is 0 Å². The van der Waals surface area contributed by atoms with Gasteiger partial charge in [-0.2, -0.15) is 0 Å². The number of carbonyl (C=O) groups excluding carboxylic acids is 3. The fourth-order valence-corrected chi connectivity index (χ4v) is 2.70. The molecule has 0 aliphatic carbocycles. The van der Waals surface area contributed by atoms with Gasteiger partial charge in [0, 0.05) is 11.3 Å². The highest BCUT2D eigenvalue weighted by atomic mass is 16.6. The number of rotatable bonds is 1. The minimum Gasteiger partial charge on any atom is -0.469 e. The lowest BCUT2D eigenvalue weighted by atomic mass is 9.82. The van der Waals surface area contributed by atoms with Crippen molar-refractivity contribution in [1.29, 1.82) is 0 Å². The molecule has 98 valence electrons. The van der Waals surface area contributed by atoms with Crippen LogP contribution in [-0.2, 0) is 29.5 Å². The van der Waals surface area contributed by atoms with E-state index in [0.717, 1.165) is 0 Å². The number of benzene rings is 1. The van der Waals surface area contributed by atoms with Crippen LogP contribution in [0.5, 0.6) is 0 Å². The van der Waals surface area contributed by atoms with Gasteiger partial charge < -0.3 is 14.8 Å². The Balaban J connectivity index is 2.18. The van der Waals surface area contributed by atoms with Crippen molar-refractivity contribution in [2.45, 2.75) is 12.0 Å². The lowest BCUT2D eigenvalue weighted by Gasteiger charge is -2.25. The van der Waals surface area contributed by atoms with Gasteiger partial charge >= 0.3 is 11.9 Å². The fraction of sp³-hybridized carbons (Fsp3) is 0.308. The van der Waals surface area contributed by atoms with E-state index in [1.165, 1.54) is 7.11 Å². The molecule has 3 rings (SSSR count). The predicted octanol–water partition coefficient (Wildman–Crippen LogP) is 0.570. The molecular formula is C13H11NO5. The maximum Gasteiger partial charge on any atom is 0.314 e.